The molecule has 1 aromatic rings. The third-order valence-electron chi connectivity index (χ3n) is 12.5. The second-order valence-corrected chi connectivity index (χ2v) is 28.6. The molecule has 0 fully saturated rings. The number of hydrogen-bond donors (Lipinski definition) is 0. The van der Waals surface area contributed by atoms with Gasteiger partial charge in [-0.2, -0.15) is 30.7 Å². The number of ether oxygens (including phenoxy) is 2. The molecule has 5 nitrogen and oxygen atoms in total. The molecule has 0 unspecified atom stereocenters. The molecule has 59 heavy (non-hydrogen) atoms. The zero-order chi connectivity index (χ0) is 44.8. The Labute approximate surface area is 353 Å². The molecule has 0 saturated carbocycles. The molecule has 0 bridgehead atoms. The summed E-state index contributed by atoms with van der Waals surface area (Å²) >= 11 is 0. The Morgan fingerprint density at radius 1 is 0.763 bits per heavy atom. The second-order valence-electron chi connectivity index (χ2n) is 18.3. The number of alkyl halides is 7. The normalized spacial score (nSPS) is 22.1. The predicted octanol–water partition coefficient (Wildman–Crippen LogP) is 14.9. The van der Waals surface area contributed by atoms with Gasteiger partial charge < -0.3 is 18.3 Å². The standard InChI is InChI=1S/C45H75F7O5Si2/c1-12-13-16-23-38-24-19-15-20-25-39(56-58(32(2)3,33(4)5)29-28-43(46,47)44(48,49)45(50,51)52)30-41(54-31-37-21-17-14-18-22-37)40(26-27-42(53)55-38)57-59(34(6)7,35(8)9)36(10)11/h14-15,17-18,20-22,32-36,38-41H,12-13,16,19,23-31H2,1-11H3/b20-15+/t38-,39-,40+,41+/m0/s1. The smallest absolute Gasteiger partial charge is 0.459 e. The van der Waals surface area contributed by atoms with Gasteiger partial charge in [-0.25, -0.2) is 0 Å². The van der Waals surface area contributed by atoms with Crippen molar-refractivity contribution in [2.45, 2.75) is 230 Å². The second kappa shape index (κ2) is 23.6. The number of carbonyl (C=O) groups excluding carboxylic acids is 1. The van der Waals surface area contributed by atoms with E-state index in [4.69, 9.17) is 18.3 Å². The van der Waals surface area contributed by atoms with Crippen LogP contribution in [0.4, 0.5) is 30.7 Å². The van der Waals surface area contributed by atoms with E-state index in [1.807, 2.05) is 42.5 Å². The van der Waals surface area contributed by atoms with Crippen molar-refractivity contribution < 1.29 is 53.9 Å². The maximum Gasteiger partial charge on any atom is 0.459 e. The summed E-state index contributed by atoms with van der Waals surface area (Å²) in [6.07, 6.45) is -0.551. The van der Waals surface area contributed by atoms with Crippen LogP contribution in [0.15, 0.2) is 42.5 Å². The summed E-state index contributed by atoms with van der Waals surface area (Å²) in [5, 5.41) is 0. The van der Waals surface area contributed by atoms with Gasteiger partial charge in [-0.15, -0.1) is 0 Å². The Morgan fingerprint density at radius 2 is 1.36 bits per heavy atom. The summed E-state index contributed by atoms with van der Waals surface area (Å²) in [6, 6.07) is 8.98. The summed E-state index contributed by atoms with van der Waals surface area (Å²) in [7, 11) is -6.18. The molecule has 0 amide bonds. The number of rotatable bonds is 20. The highest BCUT2D eigenvalue weighted by Crippen LogP contribution is 2.51. The lowest BCUT2D eigenvalue weighted by molar-refractivity contribution is -0.354. The molecule has 0 radical (unpaired) electrons. The van der Waals surface area contributed by atoms with Gasteiger partial charge in [0.2, 0.25) is 8.32 Å². The maximum atomic E-state index is 15.0. The van der Waals surface area contributed by atoms with Crippen molar-refractivity contribution in [2.24, 2.45) is 0 Å². The van der Waals surface area contributed by atoms with Crippen LogP contribution in [0.2, 0.25) is 33.7 Å². The van der Waals surface area contributed by atoms with Gasteiger partial charge in [0, 0.05) is 19.3 Å². The average molecular weight is 885 g/mol. The molecular weight excluding hydrogens is 810 g/mol. The molecule has 0 spiro atoms. The van der Waals surface area contributed by atoms with Crippen molar-refractivity contribution in [1.82, 2.24) is 0 Å². The summed E-state index contributed by atoms with van der Waals surface area (Å²) in [4.78, 5) is 13.7. The first-order chi connectivity index (χ1) is 27.4. The van der Waals surface area contributed by atoms with Crippen LogP contribution in [-0.2, 0) is 29.7 Å². The fourth-order valence-electron chi connectivity index (χ4n) is 9.19. The Bertz CT molecular complexity index is 1360. The fraction of sp³-hybridized carbons (Fsp3) is 0.800. The number of carbonyl (C=O) groups is 1. The number of halogens is 7. The van der Waals surface area contributed by atoms with E-state index in [0.29, 0.717) is 25.7 Å². The van der Waals surface area contributed by atoms with E-state index in [0.717, 1.165) is 31.2 Å². The van der Waals surface area contributed by atoms with Gasteiger partial charge in [0.1, 0.15) is 6.10 Å². The monoisotopic (exact) mass is 885 g/mol. The van der Waals surface area contributed by atoms with Crippen LogP contribution in [0.1, 0.15) is 152 Å². The highest BCUT2D eigenvalue weighted by atomic mass is 28.4. The summed E-state index contributed by atoms with van der Waals surface area (Å²) in [5.74, 6) is -11.8. The maximum absolute atomic E-state index is 15.0. The minimum Gasteiger partial charge on any atom is -0.462 e. The molecule has 1 aliphatic heterocycles. The SMILES string of the molecule is CCCCC[C@H]1CC/C=C/C[C@H](O[Si](CCC(F)(F)C(F)(F)C(F)(F)F)(C(C)C)C(C)C)C[C@@H](OCc2ccccc2)[C@H](O[Si](C(C)C)(C(C)C)C(C)C)CCC(=O)O1. The summed E-state index contributed by atoms with van der Waals surface area (Å²) in [6.45, 7) is 22.4. The topological polar surface area (TPSA) is 54.0 Å². The van der Waals surface area contributed by atoms with Crippen LogP contribution >= 0.6 is 0 Å². The number of cyclic esters (lactones) is 1. The molecule has 2 rings (SSSR count). The molecule has 4 atom stereocenters. The molecule has 1 heterocycles. The zero-order valence-electron chi connectivity index (χ0n) is 37.6. The van der Waals surface area contributed by atoms with E-state index in [1.165, 1.54) is 0 Å². The van der Waals surface area contributed by atoms with E-state index in [9.17, 15) is 26.7 Å². The molecule has 1 aromatic carbocycles. The quantitative estimate of drug-likeness (QED) is 0.0429. The minimum absolute atomic E-state index is 0.0828. The molecule has 0 aliphatic carbocycles. The molecule has 1 aliphatic rings. The highest BCUT2D eigenvalue weighted by Gasteiger charge is 2.72. The van der Waals surface area contributed by atoms with Gasteiger partial charge in [0.25, 0.3) is 0 Å². The lowest BCUT2D eigenvalue weighted by Crippen LogP contribution is -2.55. The van der Waals surface area contributed by atoms with Crippen LogP contribution < -0.4 is 0 Å². The third kappa shape index (κ3) is 14.7. The molecule has 0 saturated heterocycles. The van der Waals surface area contributed by atoms with Gasteiger partial charge in [0.15, 0.2) is 8.32 Å². The first kappa shape index (κ1) is 53.4. The first-order valence-electron chi connectivity index (χ1n) is 22.1. The Balaban J connectivity index is 2.79. The zero-order valence-corrected chi connectivity index (χ0v) is 39.6. The fourth-order valence-corrected chi connectivity index (χ4v) is 19.5. The van der Waals surface area contributed by atoms with Crippen molar-refractivity contribution in [3.05, 3.63) is 48.0 Å². The lowest BCUT2D eigenvalue weighted by atomic mass is 9.99. The van der Waals surface area contributed by atoms with E-state index in [1.54, 1.807) is 27.7 Å². The Morgan fingerprint density at radius 3 is 1.88 bits per heavy atom. The van der Waals surface area contributed by atoms with E-state index < -0.39 is 76.5 Å². The predicted molar refractivity (Wildman–Crippen MR) is 228 cm³/mol. The van der Waals surface area contributed by atoms with Gasteiger partial charge in [-0.1, -0.05) is 131 Å². The number of unbranched alkanes of at least 4 members (excludes halogenated alkanes) is 2. The van der Waals surface area contributed by atoms with Gasteiger partial charge in [0.05, 0.1) is 24.9 Å². The number of allylic oxidation sites excluding steroid dienone is 1. The largest absolute Gasteiger partial charge is 0.462 e. The Kier molecular flexibility index (Phi) is 21.4. The van der Waals surface area contributed by atoms with Crippen LogP contribution in [-0.4, -0.2) is 65.0 Å². The number of hydrogen-bond acceptors (Lipinski definition) is 5. The molecular formula is C45H75F7O5Si2. The van der Waals surface area contributed by atoms with E-state index in [-0.39, 0.29) is 48.1 Å². The summed E-state index contributed by atoms with van der Waals surface area (Å²) in [5.41, 5.74) is 0.647. The van der Waals surface area contributed by atoms with Crippen molar-refractivity contribution >= 4 is 22.6 Å². The van der Waals surface area contributed by atoms with Gasteiger partial charge >= 0.3 is 24.0 Å². The third-order valence-corrected chi connectivity index (χ3v) is 24.4. The number of benzene rings is 1. The average Bonchev–Trinajstić information content (AvgIpc) is 3.13. The van der Waals surface area contributed by atoms with Crippen molar-refractivity contribution in [2.75, 3.05) is 0 Å². The van der Waals surface area contributed by atoms with Gasteiger partial charge in [-0.05, 0) is 77.8 Å². The molecule has 342 valence electrons. The van der Waals surface area contributed by atoms with Gasteiger partial charge in [-0.3, -0.25) is 4.79 Å². The van der Waals surface area contributed by atoms with Crippen LogP contribution in [0, 0.1) is 0 Å². The molecule has 14 heteroatoms. The molecule has 0 aromatic heterocycles. The van der Waals surface area contributed by atoms with Crippen molar-refractivity contribution in [3.8, 4) is 0 Å². The highest BCUT2D eigenvalue weighted by molar-refractivity contribution is 6.77. The van der Waals surface area contributed by atoms with Crippen LogP contribution in [0.25, 0.3) is 0 Å². The van der Waals surface area contributed by atoms with Crippen molar-refractivity contribution in [3.63, 3.8) is 0 Å². The molecule has 0 N–H and O–H groups in total. The number of esters is 1. The van der Waals surface area contributed by atoms with E-state index >= 15 is 8.78 Å². The van der Waals surface area contributed by atoms with Crippen LogP contribution in [0.3, 0.4) is 0 Å². The first-order valence-corrected chi connectivity index (χ1v) is 26.5. The van der Waals surface area contributed by atoms with Crippen LogP contribution in [0.5, 0.6) is 0 Å². The van der Waals surface area contributed by atoms with E-state index in [2.05, 4.69) is 48.5 Å². The Hall–Kier alpha value is -1.75. The lowest BCUT2D eigenvalue weighted by Gasteiger charge is -2.47. The minimum atomic E-state index is -6.41. The summed E-state index contributed by atoms with van der Waals surface area (Å²) < 4.78 is 126. The van der Waals surface area contributed by atoms with Crippen molar-refractivity contribution in [1.29, 1.82) is 0 Å².